The van der Waals surface area contributed by atoms with Gasteiger partial charge in [-0.25, -0.2) is 0 Å². The van der Waals surface area contributed by atoms with Crippen LogP contribution in [0.15, 0.2) is 0 Å². The molecule has 0 rings (SSSR count). The molecule has 0 fully saturated rings. The van der Waals surface area contributed by atoms with Crippen molar-refractivity contribution in [2.45, 2.75) is 0 Å². The first kappa shape index (κ1) is 5.70. The highest BCUT2D eigenvalue weighted by Gasteiger charge is 1.80. The van der Waals surface area contributed by atoms with Gasteiger partial charge in [-0.3, -0.25) is 4.79 Å². The van der Waals surface area contributed by atoms with Crippen molar-refractivity contribution in [1.82, 2.24) is 9.96 Å². The van der Waals surface area contributed by atoms with Crippen molar-refractivity contribution in [3.8, 4) is 0 Å². The second-order valence-corrected chi connectivity index (χ2v) is 1.83. The highest BCUT2D eigenvalue weighted by atomic mass is 28.2. The standard InChI is InChI=1S/CH8N2OSi2/c4-1(2-5)3-6/h5-6H3,(H2,2,3,4). The molecular weight excluding hydrogens is 112 g/mol. The molecule has 0 saturated heterocycles. The quantitative estimate of drug-likeness (QED) is 0.326. The number of hydrogen-bond donors (Lipinski definition) is 2. The first-order valence-electron chi connectivity index (χ1n) is 1.70. The number of amides is 2. The SMILES string of the molecule is O=C(N[SiH3])N[SiH3]. The molecule has 0 unspecified atom stereocenters. The van der Waals surface area contributed by atoms with Gasteiger partial charge >= 0.3 is 0 Å². The van der Waals surface area contributed by atoms with Crippen LogP contribution in [-0.2, 0) is 0 Å². The Morgan fingerprint density at radius 1 is 1.33 bits per heavy atom. The Morgan fingerprint density at radius 3 is 1.67 bits per heavy atom. The summed E-state index contributed by atoms with van der Waals surface area (Å²) in [5, 5.41) is 0. The van der Waals surface area contributed by atoms with E-state index in [0.717, 1.165) is 20.8 Å². The summed E-state index contributed by atoms with van der Waals surface area (Å²) >= 11 is 0. The molecule has 0 aliphatic rings. The molecule has 0 aliphatic carbocycles. The molecule has 0 aromatic rings. The van der Waals surface area contributed by atoms with E-state index in [1.807, 2.05) is 0 Å². The van der Waals surface area contributed by atoms with E-state index in [4.69, 9.17) is 0 Å². The molecule has 6 heavy (non-hydrogen) atoms. The number of hydrogen-bond acceptors (Lipinski definition) is 1. The summed E-state index contributed by atoms with van der Waals surface area (Å²) in [5.74, 6) is 0. The van der Waals surface area contributed by atoms with Crippen molar-refractivity contribution < 1.29 is 4.79 Å². The third kappa shape index (κ3) is 1.97. The molecular formula is CH8N2OSi2. The lowest BCUT2D eigenvalue weighted by Gasteiger charge is -1.91. The highest BCUT2D eigenvalue weighted by Crippen LogP contribution is 1.46. The Labute approximate surface area is 42.5 Å². The van der Waals surface area contributed by atoms with Crippen LogP contribution in [0.2, 0.25) is 0 Å². The predicted molar refractivity (Wildman–Crippen MR) is 31.5 cm³/mol. The van der Waals surface area contributed by atoms with E-state index in [0.29, 0.717) is 0 Å². The van der Waals surface area contributed by atoms with Gasteiger partial charge in [0, 0.05) is 0 Å². The van der Waals surface area contributed by atoms with Crippen molar-refractivity contribution in [2.24, 2.45) is 0 Å². The average Bonchev–Trinajstić information content (AvgIpc) is 1.65. The largest absolute Gasteiger partial charge is 0.374 e. The molecule has 0 heterocycles. The Hall–Kier alpha value is -0.296. The van der Waals surface area contributed by atoms with Crippen LogP contribution in [0.4, 0.5) is 4.79 Å². The number of carbonyl (C=O) groups is 1. The molecule has 0 saturated carbocycles. The third-order valence-electron chi connectivity index (χ3n) is 0.454. The van der Waals surface area contributed by atoms with Gasteiger partial charge in [0.2, 0.25) is 0 Å². The predicted octanol–water partition coefficient (Wildman–Crippen LogP) is -3.15. The lowest BCUT2D eigenvalue weighted by Crippen LogP contribution is -2.31. The minimum atomic E-state index is -0.0340. The molecule has 0 atom stereocenters. The van der Waals surface area contributed by atoms with Gasteiger partial charge in [-0.2, -0.15) is 0 Å². The fourth-order valence-electron chi connectivity index (χ4n) is 0.125. The van der Waals surface area contributed by atoms with Crippen LogP contribution in [0.5, 0.6) is 0 Å². The Balaban J connectivity index is 2.99. The van der Waals surface area contributed by atoms with Crippen molar-refractivity contribution in [3.63, 3.8) is 0 Å². The Bertz CT molecular complexity index is 49.5. The molecule has 0 spiro atoms. The Kier molecular flexibility index (Phi) is 2.77. The van der Waals surface area contributed by atoms with Gasteiger partial charge in [0.1, 0.15) is 20.8 Å². The van der Waals surface area contributed by atoms with Crippen LogP contribution in [0, 0.1) is 0 Å². The van der Waals surface area contributed by atoms with Crippen LogP contribution >= 0.6 is 0 Å². The van der Waals surface area contributed by atoms with Crippen LogP contribution in [-0.4, -0.2) is 26.8 Å². The normalized spacial score (nSPS) is 8.00. The van der Waals surface area contributed by atoms with Gasteiger partial charge in [-0.05, 0) is 0 Å². The zero-order valence-electron chi connectivity index (χ0n) is 3.91. The van der Waals surface area contributed by atoms with Gasteiger partial charge in [0.25, 0.3) is 6.03 Å². The molecule has 2 N–H and O–H groups in total. The molecule has 0 aliphatic heterocycles. The van der Waals surface area contributed by atoms with E-state index < -0.39 is 0 Å². The zero-order chi connectivity index (χ0) is 4.99. The minimum Gasteiger partial charge on any atom is -0.374 e. The zero-order valence-corrected chi connectivity index (χ0v) is 7.91. The summed E-state index contributed by atoms with van der Waals surface area (Å²) in [4.78, 5) is 15.1. The van der Waals surface area contributed by atoms with Crippen molar-refractivity contribution in [2.75, 3.05) is 0 Å². The maximum absolute atomic E-state index is 10.0. The number of urea groups is 1. The smallest absolute Gasteiger partial charge is 0.297 e. The fraction of sp³-hybridized carbons (Fsp3) is 0. The molecule has 0 aromatic heterocycles. The lowest BCUT2D eigenvalue weighted by atomic mass is 11.2. The number of nitrogens with one attached hydrogen (secondary N) is 2. The summed E-state index contributed by atoms with van der Waals surface area (Å²) in [6.07, 6.45) is 0. The summed E-state index contributed by atoms with van der Waals surface area (Å²) in [5.41, 5.74) is 0. The van der Waals surface area contributed by atoms with Crippen LogP contribution in [0.1, 0.15) is 0 Å². The third-order valence-corrected chi connectivity index (χ3v) is 1.36. The van der Waals surface area contributed by atoms with Gasteiger partial charge in [-0.15, -0.1) is 0 Å². The van der Waals surface area contributed by atoms with E-state index in [1.54, 1.807) is 0 Å². The van der Waals surface area contributed by atoms with Crippen LogP contribution in [0.3, 0.4) is 0 Å². The number of carbonyl (C=O) groups excluding carboxylic acids is 1. The molecule has 0 radical (unpaired) electrons. The molecule has 0 aromatic carbocycles. The highest BCUT2D eigenvalue weighted by molar-refractivity contribution is 6.21. The summed E-state index contributed by atoms with van der Waals surface area (Å²) in [7, 11) is 1.49. The molecule has 36 valence electrons. The first-order valence-corrected chi connectivity index (χ1v) is 3.70. The molecule has 5 heteroatoms. The van der Waals surface area contributed by atoms with E-state index in [1.165, 1.54) is 0 Å². The summed E-state index contributed by atoms with van der Waals surface area (Å²) in [6.45, 7) is 0. The van der Waals surface area contributed by atoms with Crippen molar-refractivity contribution >= 4 is 26.8 Å². The van der Waals surface area contributed by atoms with Crippen LogP contribution < -0.4 is 9.96 Å². The van der Waals surface area contributed by atoms with Gasteiger partial charge in [-0.1, -0.05) is 0 Å². The maximum atomic E-state index is 10.0. The Morgan fingerprint density at radius 2 is 1.67 bits per heavy atom. The second-order valence-electron chi connectivity index (χ2n) is 0.829. The first-order chi connectivity index (χ1) is 2.81. The molecule has 2 amide bonds. The summed E-state index contributed by atoms with van der Waals surface area (Å²) < 4.78 is 0. The topological polar surface area (TPSA) is 41.1 Å². The van der Waals surface area contributed by atoms with Crippen LogP contribution in [0.25, 0.3) is 0 Å². The fourth-order valence-corrected chi connectivity index (χ4v) is 1.12. The molecule has 3 nitrogen and oxygen atoms in total. The lowest BCUT2D eigenvalue weighted by molar-refractivity contribution is 0.251. The van der Waals surface area contributed by atoms with Crippen molar-refractivity contribution in [1.29, 1.82) is 0 Å². The summed E-state index contributed by atoms with van der Waals surface area (Å²) in [6, 6.07) is -0.0340. The average molecular weight is 120 g/mol. The van der Waals surface area contributed by atoms with E-state index >= 15 is 0 Å². The van der Waals surface area contributed by atoms with Gasteiger partial charge in [0.15, 0.2) is 0 Å². The van der Waals surface area contributed by atoms with Crippen molar-refractivity contribution in [3.05, 3.63) is 0 Å². The maximum Gasteiger partial charge on any atom is 0.297 e. The minimum absolute atomic E-state index is 0.0340. The molecule has 0 bridgehead atoms. The monoisotopic (exact) mass is 120 g/mol. The van der Waals surface area contributed by atoms with E-state index in [2.05, 4.69) is 9.96 Å². The second kappa shape index (κ2) is 2.92. The van der Waals surface area contributed by atoms with Gasteiger partial charge < -0.3 is 9.96 Å². The van der Waals surface area contributed by atoms with Gasteiger partial charge in [0.05, 0.1) is 0 Å². The number of rotatable bonds is 0. The van der Waals surface area contributed by atoms with E-state index in [9.17, 15) is 4.79 Å². The van der Waals surface area contributed by atoms with E-state index in [-0.39, 0.29) is 6.03 Å².